The van der Waals surface area contributed by atoms with Crippen molar-refractivity contribution < 1.29 is 4.79 Å². The zero-order valence-corrected chi connectivity index (χ0v) is 15.1. The molecule has 0 bridgehead atoms. The summed E-state index contributed by atoms with van der Waals surface area (Å²) in [7, 11) is 0. The van der Waals surface area contributed by atoms with Gasteiger partial charge < -0.3 is 10.6 Å². The van der Waals surface area contributed by atoms with Crippen LogP contribution in [0, 0.1) is 0 Å². The third kappa shape index (κ3) is 4.19. The van der Waals surface area contributed by atoms with Gasteiger partial charge in [-0.1, -0.05) is 30.3 Å². The van der Waals surface area contributed by atoms with Crippen LogP contribution in [-0.2, 0) is 0 Å². The highest BCUT2D eigenvalue weighted by Gasteiger charge is 2.08. The predicted molar refractivity (Wildman–Crippen MR) is 110 cm³/mol. The minimum Gasteiger partial charge on any atom is -0.308 e. The van der Waals surface area contributed by atoms with E-state index in [0.717, 1.165) is 27.5 Å². The van der Waals surface area contributed by atoms with Gasteiger partial charge in [0.1, 0.15) is 5.01 Å². The molecule has 4 aromatic rings. The van der Waals surface area contributed by atoms with Gasteiger partial charge in [0.25, 0.3) is 0 Å². The van der Waals surface area contributed by atoms with Gasteiger partial charge in [0.05, 0.1) is 5.69 Å². The van der Waals surface area contributed by atoms with Crippen LogP contribution in [0.2, 0.25) is 0 Å². The van der Waals surface area contributed by atoms with E-state index in [4.69, 9.17) is 0 Å². The number of hydrogen-bond acceptors (Lipinski definition) is 4. The van der Waals surface area contributed by atoms with Crippen LogP contribution in [0.3, 0.4) is 0 Å². The number of anilines is 2. The lowest BCUT2D eigenvalue weighted by molar-refractivity contribution is 0.262. The number of hydrogen-bond donors (Lipinski definition) is 2. The number of para-hydroxylation sites is 1. The maximum absolute atomic E-state index is 12.2. The number of amides is 2. The van der Waals surface area contributed by atoms with Crippen LogP contribution < -0.4 is 10.6 Å². The molecule has 0 aliphatic heterocycles. The van der Waals surface area contributed by atoms with Crippen molar-refractivity contribution >= 4 is 28.7 Å². The van der Waals surface area contributed by atoms with Crippen LogP contribution in [0.15, 0.2) is 84.5 Å². The summed E-state index contributed by atoms with van der Waals surface area (Å²) in [6.07, 6.45) is 3.54. The highest BCUT2D eigenvalue weighted by molar-refractivity contribution is 7.13. The summed E-state index contributed by atoms with van der Waals surface area (Å²) in [6.45, 7) is 0. The summed E-state index contributed by atoms with van der Waals surface area (Å²) in [6, 6.07) is 20.6. The van der Waals surface area contributed by atoms with Crippen molar-refractivity contribution in [2.45, 2.75) is 0 Å². The molecule has 0 saturated carbocycles. The van der Waals surface area contributed by atoms with E-state index in [-0.39, 0.29) is 6.03 Å². The molecule has 6 heteroatoms. The molecular formula is C21H16N4OS. The second kappa shape index (κ2) is 7.80. The molecule has 0 unspecified atom stereocenters. The number of aromatic nitrogens is 2. The Balaban J connectivity index is 1.49. The van der Waals surface area contributed by atoms with Crippen LogP contribution in [0.25, 0.3) is 21.8 Å². The lowest BCUT2D eigenvalue weighted by Gasteiger charge is -2.08. The Morgan fingerprint density at radius 1 is 0.852 bits per heavy atom. The SMILES string of the molecule is O=C(Nc1ccccc1)Nc1cccc(-c2csc(-c3cccnc3)n2)c1. The molecule has 0 atom stereocenters. The number of thiazole rings is 1. The lowest BCUT2D eigenvalue weighted by atomic mass is 10.1. The third-order valence-electron chi connectivity index (χ3n) is 3.86. The number of benzene rings is 2. The molecule has 0 saturated heterocycles. The average Bonchev–Trinajstić information content (AvgIpc) is 3.20. The first-order chi connectivity index (χ1) is 13.3. The highest BCUT2D eigenvalue weighted by Crippen LogP contribution is 2.29. The van der Waals surface area contributed by atoms with E-state index in [1.807, 2.05) is 72.1 Å². The molecular weight excluding hydrogens is 356 g/mol. The smallest absolute Gasteiger partial charge is 0.308 e. The number of urea groups is 1. The second-order valence-corrected chi connectivity index (χ2v) is 6.66. The Kier molecular flexibility index (Phi) is 4.89. The first kappa shape index (κ1) is 16.9. The number of rotatable bonds is 4. The van der Waals surface area contributed by atoms with Gasteiger partial charge in [-0.3, -0.25) is 4.98 Å². The van der Waals surface area contributed by atoms with Crippen LogP contribution in [0.4, 0.5) is 16.2 Å². The Labute approximate surface area is 160 Å². The highest BCUT2D eigenvalue weighted by atomic mass is 32.1. The zero-order chi connectivity index (χ0) is 18.5. The molecule has 2 heterocycles. The summed E-state index contributed by atoms with van der Waals surface area (Å²) in [5, 5.41) is 8.58. The van der Waals surface area contributed by atoms with Crippen molar-refractivity contribution in [3.8, 4) is 21.8 Å². The zero-order valence-electron chi connectivity index (χ0n) is 14.3. The van der Waals surface area contributed by atoms with E-state index in [1.165, 1.54) is 0 Å². The maximum Gasteiger partial charge on any atom is 0.323 e. The van der Waals surface area contributed by atoms with Crippen LogP contribution in [0.1, 0.15) is 0 Å². The van der Waals surface area contributed by atoms with Crippen molar-refractivity contribution in [3.63, 3.8) is 0 Å². The van der Waals surface area contributed by atoms with E-state index in [0.29, 0.717) is 5.69 Å². The number of carbonyl (C=O) groups excluding carboxylic acids is 1. The van der Waals surface area contributed by atoms with Gasteiger partial charge in [-0.15, -0.1) is 11.3 Å². The Morgan fingerprint density at radius 2 is 1.63 bits per heavy atom. The predicted octanol–water partition coefficient (Wildman–Crippen LogP) is 5.52. The molecule has 2 aromatic carbocycles. The second-order valence-electron chi connectivity index (χ2n) is 5.81. The van der Waals surface area contributed by atoms with Crippen molar-refractivity contribution in [1.29, 1.82) is 0 Å². The Morgan fingerprint density at radius 3 is 2.44 bits per heavy atom. The average molecular weight is 372 g/mol. The Hall–Kier alpha value is -3.51. The quantitative estimate of drug-likeness (QED) is 0.496. The molecule has 0 radical (unpaired) electrons. The van der Waals surface area contributed by atoms with Crippen LogP contribution in [-0.4, -0.2) is 16.0 Å². The lowest BCUT2D eigenvalue weighted by Crippen LogP contribution is -2.19. The van der Waals surface area contributed by atoms with E-state index < -0.39 is 0 Å². The standard InChI is InChI=1S/C21H16N4OS/c26-21(23-17-8-2-1-3-9-17)24-18-10-4-6-15(12-18)19-14-27-20(25-19)16-7-5-11-22-13-16/h1-14H,(H2,23,24,26). The van der Waals surface area contributed by atoms with Gasteiger partial charge in [0.15, 0.2) is 0 Å². The van der Waals surface area contributed by atoms with Gasteiger partial charge in [0.2, 0.25) is 0 Å². The fraction of sp³-hybridized carbons (Fsp3) is 0. The summed E-state index contributed by atoms with van der Waals surface area (Å²) < 4.78 is 0. The number of nitrogens with one attached hydrogen (secondary N) is 2. The number of pyridine rings is 1. The van der Waals surface area contributed by atoms with Gasteiger partial charge >= 0.3 is 6.03 Å². The van der Waals surface area contributed by atoms with E-state index in [1.54, 1.807) is 23.7 Å². The minimum absolute atomic E-state index is 0.285. The van der Waals surface area contributed by atoms with Crippen molar-refractivity contribution in [1.82, 2.24) is 9.97 Å². The monoisotopic (exact) mass is 372 g/mol. The third-order valence-corrected chi connectivity index (χ3v) is 4.75. The first-order valence-corrected chi connectivity index (χ1v) is 9.25. The van der Waals surface area contributed by atoms with E-state index in [9.17, 15) is 4.79 Å². The first-order valence-electron chi connectivity index (χ1n) is 8.37. The topological polar surface area (TPSA) is 66.9 Å². The molecule has 132 valence electrons. The molecule has 2 amide bonds. The van der Waals surface area contributed by atoms with Gasteiger partial charge in [-0.2, -0.15) is 0 Å². The van der Waals surface area contributed by atoms with Crippen molar-refractivity contribution in [2.24, 2.45) is 0 Å². The summed E-state index contributed by atoms with van der Waals surface area (Å²) in [5.74, 6) is 0. The summed E-state index contributed by atoms with van der Waals surface area (Å²) in [4.78, 5) is 21.0. The van der Waals surface area contributed by atoms with E-state index >= 15 is 0 Å². The molecule has 0 fully saturated rings. The van der Waals surface area contributed by atoms with Gasteiger partial charge in [-0.25, -0.2) is 9.78 Å². The van der Waals surface area contributed by atoms with Crippen LogP contribution >= 0.6 is 11.3 Å². The Bertz CT molecular complexity index is 1050. The molecule has 2 N–H and O–H groups in total. The minimum atomic E-state index is -0.285. The summed E-state index contributed by atoms with van der Waals surface area (Å²) >= 11 is 1.57. The van der Waals surface area contributed by atoms with Crippen LogP contribution in [0.5, 0.6) is 0 Å². The normalized spacial score (nSPS) is 10.4. The molecule has 0 aliphatic carbocycles. The molecule has 27 heavy (non-hydrogen) atoms. The molecule has 2 aromatic heterocycles. The fourth-order valence-corrected chi connectivity index (χ4v) is 3.42. The fourth-order valence-electron chi connectivity index (χ4n) is 2.60. The largest absolute Gasteiger partial charge is 0.323 e. The number of nitrogens with zero attached hydrogens (tertiary/aromatic N) is 2. The maximum atomic E-state index is 12.2. The van der Waals surface area contributed by atoms with E-state index in [2.05, 4.69) is 20.6 Å². The van der Waals surface area contributed by atoms with Gasteiger partial charge in [0, 0.05) is 40.3 Å². The van der Waals surface area contributed by atoms with Gasteiger partial charge in [-0.05, 0) is 36.4 Å². The summed E-state index contributed by atoms with van der Waals surface area (Å²) in [5.41, 5.74) is 4.25. The molecule has 0 aliphatic rings. The molecule has 4 rings (SSSR count). The van der Waals surface area contributed by atoms with Crippen molar-refractivity contribution in [3.05, 3.63) is 84.5 Å². The molecule has 0 spiro atoms. The molecule has 5 nitrogen and oxygen atoms in total. The number of carbonyl (C=O) groups is 1. The van der Waals surface area contributed by atoms with Crippen molar-refractivity contribution in [2.75, 3.05) is 10.6 Å².